The predicted octanol–water partition coefficient (Wildman–Crippen LogP) is 3.16. The Balaban J connectivity index is 2.02. The average molecular weight is 263 g/mol. The first-order valence-corrected chi connectivity index (χ1v) is 7.85. The maximum absolute atomic E-state index is 6.42. The van der Waals surface area contributed by atoms with Crippen LogP contribution in [0, 0.1) is 12.8 Å². The van der Waals surface area contributed by atoms with Crippen molar-refractivity contribution in [2.75, 3.05) is 18.6 Å². The van der Waals surface area contributed by atoms with Crippen molar-refractivity contribution in [3.8, 4) is 5.75 Å². The van der Waals surface area contributed by atoms with Gasteiger partial charge in [-0.15, -0.1) is 0 Å². The lowest BCUT2D eigenvalue weighted by molar-refractivity contribution is 0.0196. The fraction of sp³-hybridized carbons (Fsp3) is 0.600. The van der Waals surface area contributed by atoms with Crippen molar-refractivity contribution in [3.63, 3.8) is 0 Å². The molecule has 1 spiro atoms. The molecule has 2 aliphatic heterocycles. The van der Waals surface area contributed by atoms with E-state index in [0.29, 0.717) is 12.0 Å². The van der Waals surface area contributed by atoms with Gasteiger partial charge in [-0.2, -0.15) is 11.8 Å². The summed E-state index contributed by atoms with van der Waals surface area (Å²) >= 11 is 2.03. The molecule has 3 heteroatoms. The van der Waals surface area contributed by atoms with Crippen LogP contribution in [0.1, 0.15) is 30.5 Å². The van der Waals surface area contributed by atoms with Gasteiger partial charge in [-0.05, 0) is 25.8 Å². The average Bonchev–Trinajstić information content (AvgIpc) is 2.70. The predicted molar refractivity (Wildman–Crippen MR) is 77.4 cm³/mol. The molecule has 3 unspecified atom stereocenters. The molecule has 18 heavy (non-hydrogen) atoms. The summed E-state index contributed by atoms with van der Waals surface area (Å²) in [7, 11) is 2.06. The molecule has 0 bridgehead atoms. The minimum absolute atomic E-state index is 0.0423. The van der Waals surface area contributed by atoms with Gasteiger partial charge in [0.05, 0.1) is 0 Å². The number of thioether (sulfide) groups is 1. The molecule has 0 saturated carbocycles. The van der Waals surface area contributed by atoms with Crippen LogP contribution < -0.4 is 10.1 Å². The molecule has 1 N–H and O–H groups in total. The van der Waals surface area contributed by atoms with Crippen LogP contribution in [0.4, 0.5) is 0 Å². The van der Waals surface area contributed by atoms with Gasteiger partial charge in [0.25, 0.3) is 0 Å². The summed E-state index contributed by atoms with van der Waals surface area (Å²) in [4.78, 5) is 0. The molecular formula is C15H21NOS. The summed E-state index contributed by atoms with van der Waals surface area (Å²) in [6.45, 7) is 4.47. The van der Waals surface area contributed by atoms with E-state index in [0.717, 1.165) is 17.9 Å². The molecule has 98 valence electrons. The number of rotatable bonds is 1. The van der Waals surface area contributed by atoms with E-state index in [2.05, 4.69) is 44.4 Å². The second-order valence-corrected chi connectivity index (χ2v) is 6.70. The number of hydrogen-bond acceptors (Lipinski definition) is 3. The van der Waals surface area contributed by atoms with Crippen LogP contribution in [0.2, 0.25) is 0 Å². The van der Waals surface area contributed by atoms with E-state index in [1.165, 1.54) is 16.9 Å². The first-order valence-electron chi connectivity index (χ1n) is 6.69. The smallest absolute Gasteiger partial charge is 0.125 e. The first kappa shape index (κ1) is 12.4. The Labute approximate surface area is 113 Å². The Bertz CT molecular complexity index is 462. The highest BCUT2D eigenvalue weighted by Crippen LogP contribution is 2.48. The molecule has 3 rings (SSSR count). The zero-order valence-corrected chi connectivity index (χ0v) is 12.1. The van der Waals surface area contributed by atoms with Crippen LogP contribution in [0.25, 0.3) is 0 Å². The van der Waals surface area contributed by atoms with Gasteiger partial charge in [0.15, 0.2) is 0 Å². The monoisotopic (exact) mass is 263 g/mol. The Morgan fingerprint density at radius 1 is 1.44 bits per heavy atom. The van der Waals surface area contributed by atoms with Crippen molar-refractivity contribution in [3.05, 3.63) is 29.3 Å². The van der Waals surface area contributed by atoms with Crippen LogP contribution in [0.5, 0.6) is 5.75 Å². The highest BCUT2D eigenvalue weighted by molar-refractivity contribution is 7.99. The van der Waals surface area contributed by atoms with E-state index in [4.69, 9.17) is 4.74 Å². The van der Waals surface area contributed by atoms with Crippen LogP contribution in [0.3, 0.4) is 0 Å². The summed E-state index contributed by atoms with van der Waals surface area (Å²) in [5, 5.41) is 3.47. The lowest BCUT2D eigenvalue weighted by Gasteiger charge is -2.42. The number of hydrogen-bond donors (Lipinski definition) is 1. The van der Waals surface area contributed by atoms with E-state index in [9.17, 15) is 0 Å². The third-order valence-electron chi connectivity index (χ3n) is 4.36. The zero-order valence-electron chi connectivity index (χ0n) is 11.3. The summed E-state index contributed by atoms with van der Waals surface area (Å²) in [6, 6.07) is 6.98. The van der Waals surface area contributed by atoms with E-state index in [1.807, 2.05) is 11.8 Å². The number of fused-ring (bicyclic) bond motifs is 1. The molecule has 0 radical (unpaired) electrons. The number of aryl methyl sites for hydroxylation is 1. The second kappa shape index (κ2) is 4.46. The van der Waals surface area contributed by atoms with Crippen LogP contribution in [-0.4, -0.2) is 24.2 Å². The van der Waals surface area contributed by atoms with Crippen molar-refractivity contribution in [1.29, 1.82) is 0 Å². The van der Waals surface area contributed by atoms with Gasteiger partial charge in [-0.25, -0.2) is 0 Å². The Morgan fingerprint density at radius 2 is 2.28 bits per heavy atom. The fourth-order valence-electron chi connectivity index (χ4n) is 3.10. The molecule has 2 aliphatic rings. The van der Waals surface area contributed by atoms with E-state index >= 15 is 0 Å². The molecule has 1 saturated heterocycles. The van der Waals surface area contributed by atoms with E-state index < -0.39 is 0 Å². The molecule has 0 amide bonds. The standard InChI is InChI=1S/C15H21NOS/c1-10-4-5-14-12(6-10)13(16-3)7-15(17-14)9-18-8-11(15)2/h4-6,11,13,16H,7-9H2,1-3H3. The molecule has 3 atom stereocenters. The lowest BCUT2D eigenvalue weighted by atomic mass is 9.81. The SMILES string of the molecule is CNC1CC2(CSCC2C)Oc2ccc(C)cc21. The largest absolute Gasteiger partial charge is 0.486 e. The van der Waals surface area contributed by atoms with Crippen molar-refractivity contribution in [2.45, 2.75) is 31.9 Å². The van der Waals surface area contributed by atoms with Gasteiger partial charge in [0.2, 0.25) is 0 Å². The normalized spacial score (nSPS) is 34.4. The summed E-state index contributed by atoms with van der Waals surface area (Å²) in [5.74, 6) is 4.06. The highest BCUT2D eigenvalue weighted by atomic mass is 32.2. The Hall–Kier alpha value is -0.670. The van der Waals surface area contributed by atoms with E-state index in [1.54, 1.807) is 0 Å². The number of benzene rings is 1. The molecule has 0 aromatic heterocycles. The second-order valence-electron chi connectivity index (χ2n) is 5.67. The third kappa shape index (κ3) is 1.84. The maximum atomic E-state index is 6.42. The van der Waals surface area contributed by atoms with Gasteiger partial charge in [0.1, 0.15) is 11.4 Å². The van der Waals surface area contributed by atoms with Gasteiger partial charge in [-0.1, -0.05) is 24.6 Å². The first-order chi connectivity index (χ1) is 8.64. The van der Waals surface area contributed by atoms with Gasteiger partial charge in [-0.3, -0.25) is 0 Å². The quantitative estimate of drug-likeness (QED) is 0.841. The third-order valence-corrected chi connectivity index (χ3v) is 5.79. The molecule has 1 aromatic carbocycles. The van der Waals surface area contributed by atoms with Gasteiger partial charge >= 0.3 is 0 Å². The van der Waals surface area contributed by atoms with Crippen molar-refractivity contribution < 1.29 is 4.74 Å². The Morgan fingerprint density at radius 3 is 2.94 bits per heavy atom. The minimum Gasteiger partial charge on any atom is -0.486 e. The zero-order chi connectivity index (χ0) is 12.8. The van der Waals surface area contributed by atoms with Gasteiger partial charge in [0, 0.05) is 29.7 Å². The lowest BCUT2D eigenvalue weighted by Crippen LogP contribution is -2.48. The van der Waals surface area contributed by atoms with Crippen molar-refractivity contribution >= 4 is 11.8 Å². The van der Waals surface area contributed by atoms with Crippen LogP contribution in [-0.2, 0) is 0 Å². The summed E-state index contributed by atoms with van der Waals surface area (Å²) in [6.07, 6.45) is 1.09. The molecule has 1 aromatic rings. The fourth-order valence-corrected chi connectivity index (χ4v) is 4.68. The van der Waals surface area contributed by atoms with Crippen molar-refractivity contribution in [2.24, 2.45) is 5.92 Å². The molecule has 2 nitrogen and oxygen atoms in total. The molecule has 0 aliphatic carbocycles. The van der Waals surface area contributed by atoms with Gasteiger partial charge < -0.3 is 10.1 Å². The van der Waals surface area contributed by atoms with Crippen molar-refractivity contribution in [1.82, 2.24) is 5.32 Å². The molecule has 2 heterocycles. The molecule has 1 fully saturated rings. The highest BCUT2D eigenvalue weighted by Gasteiger charge is 2.47. The van der Waals surface area contributed by atoms with Crippen LogP contribution >= 0.6 is 11.8 Å². The maximum Gasteiger partial charge on any atom is 0.125 e. The Kier molecular flexibility index (Phi) is 3.07. The van der Waals surface area contributed by atoms with Crippen LogP contribution in [0.15, 0.2) is 18.2 Å². The number of ether oxygens (including phenoxy) is 1. The summed E-state index contributed by atoms with van der Waals surface area (Å²) < 4.78 is 6.42. The number of nitrogens with one attached hydrogen (secondary N) is 1. The topological polar surface area (TPSA) is 21.3 Å². The summed E-state index contributed by atoms with van der Waals surface area (Å²) in [5.41, 5.74) is 2.68. The minimum atomic E-state index is 0.0423. The molecular weight excluding hydrogens is 242 g/mol. The van der Waals surface area contributed by atoms with E-state index in [-0.39, 0.29) is 5.60 Å².